The minimum atomic E-state index is -5.14. The van der Waals surface area contributed by atoms with Crippen LogP contribution in [-0.4, -0.2) is 46.3 Å². The summed E-state index contributed by atoms with van der Waals surface area (Å²) in [6.07, 6.45) is -5.13. The monoisotopic (exact) mass is 656 g/mol. The van der Waals surface area contributed by atoms with E-state index in [1.165, 1.54) is 13.1 Å². The van der Waals surface area contributed by atoms with Gasteiger partial charge in [-0.05, 0) is 60.7 Å². The molecule has 0 radical (unpaired) electrons. The summed E-state index contributed by atoms with van der Waals surface area (Å²) in [6, 6.07) is 13.4. The number of benzene rings is 3. The van der Waals surface area contributed by atoms with Gasteiger partial charge in [0.1, 0.15) is 6.04 Å². The van der Waals surface area contributed by atoms with Crippen LogP contribution >= 0.6 is 0 Å². The molecule has 2 heterocycles. The maximum Gasteiger partial charge on any atom is 0.416 e. The Morgan fingerprint density at radius 1 is 1.00 bits per heavy atom. The molecule has 3 amide bonds. The number of fused-ring (bicyclic) bond motifs is 2. The van der Waals surface area contributed by atoms with Gasteiger partial charge in [-0.1, -0.05) is 42.5 Å². The molecule has 7 nitrogen and oxygen atoms in total. The predicted molar refractivity (Wildman–Crippen MR) is 163 cm³/mol. The highest BCUT2D eigenvalue weighted by Gasteiger charge is 2.38. The van der Waals surface area contributed by atoms with Crippen LogP contribution in [0.5, 0.6) is 0 Å². The number of hydrogen-bond donors (Lipinski definition) is 2. The molecule has 5 rings (SSSR count). The standard InChI is InChI=1S/C34H30F6N4O3/c1-43-19-22(26-8-4-6-10-29(26)43)17-25(12-14-30(45)41-28-13-11-20-7-3-5-9-27(20)42-31(28)46)44(2)32(47)21-15-23(33(35,36)37)18-24(16-21)34(38,39)40/h3-10,12,14-16,18-19,25,28H,11,13,17H2,1-2H3,(H,41,45)(H,42,46). The van der Waals surface area contributed by atoms with E-state index in [0.29, 0.717) is 30.7 Å². The number of amides is 3. The average molecular weight is 657 g/mol. The van der Waals surface area contributed by atoms with Crippen LogP contribution in [-0.2, 0) is 41.8 Å². The largest absolute Gasteiger partial charge is 0.416 e. The number of rotatable bonds is 7. The number of hydrogen-bond acceptors (Lipinski definition) is 3. The molecule has 1 aliphatic heterocycles. The number of carbonyl (C=O) groups is 3. The van der Waals surface area contributed by atoms with Crippen molar-refractivity contribution in [2.24, 2.45) is 7.05 Å². The zero-order valence-corrected chi connectivity index (χ0v) is 25.2. The number of aromatic nitrogens is 1. The molecule has 2 atom stereocenters. The van der Waals surface area contributed by atoms with Crippen molar-refractivity contribution >= 4 is 34.3 Å². The fourth-order valence-corrected chi connectivity index (χ4v) is 5.65. The van der Waals surface area contributed by atoms with Crippen LogP contribution < -0.4 is 10.6 Å². The second kappa shape index (κ2) is 13.0. The molecule has 0 aliphatic carbocycles. The van der Waals surface area contributed by atoms with E-state index in [1.54, 1.807) is 31.4 Å². The quantitative estimate of drug-likeness (QED) is 0.176. The number of carbonyl (C=O) groups excluding carboxylic acids is 3. The molecule has 0 saturated heterocycles. The Kier molecular flexibility index (Phi) is 9.19. The average Bonchev–Trinajstić information content (AvgIpc) is 3.25. The third-order valence-corrected chi connectivity index (χ3v) is 8.14. The second-order valence-corrected chi connectivity index (χ2v) is 11.4. The van der Waals surface area contributed by atoms with Crippen LogP contribution in [0, 0.1) is 0 Å². The van der Waals surface area contributed by atoms with E-state index in [1.807, 2.05) is 34.9 Å². The molecule has 246 valence electrons. The number of likely N-dealkylation sites (N-methyl/N-ethyl adjacent to an activating group) is 1. The first-order valence-electron chi connectivity index (χ1n) is 14.6. The molecule has 0 bridgehead atoms. The smallest absolute Gasteiger partial charge is 0.350 e. The van der Waals surface area contributed by atoms with Crippen molar-refractivity contribution < 1.29 is 40.7 Å². The number of para-hydroxylation sites is 2. The summed E-state index contributed by atoms with van der Waals surface area (Å²) < 4.78 is 83.1. The van der Waals surface area contributed by atoms with Crippen molar-refractivity contribution in [1.82, 2.24) is 14.8 Å². The lowest BCUT2D eigenvalue weighted by Crippen LogP contribution is -2.43. The van der Waals surface area contributed by atoms with Crippen LogP contribution in [0.15, 0.2) is 85.1 Å². The van der Waals surface area contributed by atoms with Gasteiger partial charge in [0.25, 0.3) is 5.91 Å². The molecule has 0 spiro atoms. The molecule has 0 saturated carbocycles. The number of halogens is 6. The van der Waals surface area contributed by atoms with Crippen molar-refractivity contribution in [2.45, 2.75) is 43.7 Å². The van der Waals surface area contributed by atoms with Gasteiger partial charge < -0.3 is 20.1 Å². The highest BCUT2D eigenvalue weighted by atomic mass is 19.4. The molecule has 2 N–H and O–H groups in total. The number of nitrogens with one attached hydrogen (secondary N) is 2. The minimum absolute atomic E-state index is 0.0449. The third-order valence-electron chi connectivity index (χ3n) is 8.14. The molecule has 4 aromatic rings. The Hall–Kier alpha value is -5.07. The van der Waals surface area contributed by atoms with E-state index < -0.39 is 58.8 Å². The van der Waals surface area contributed by atoms with Crippen LogP contribution in [0.2, 0.25) is 0 Å². The fraction of sp³-hybridized carbons (Fsp3) is 0.265. The highest BCUT2D eigenvalue weighted by Crippen LogP contribution is 2.37. The Balaban J connectivity index is 1.44. The first-order valence-corrected chi connectivity index (χ1v) is 14.6. The summed E-state index contributed by atoms with van der Waals surface area (Å²) in [5.74, 6) is -2.20. The summed E-state index contributed by atoms with van der Waals surface area (Å²) in [6.45, 7) is 0. The number of alkyl halides is 6. The molecular formula is C34H30F6N4O3. The van der Waals surface area contributed by atoms with Gasteiger partial charge in [-0.15, -0.1) is 0 Å². The number of nitrogens with zero attached hydrogens (tertiary/aromatic N) is 2. The Morgan fingerprint density at radius 3 is 2.32 bits per heavy atom. The summed E-state index contributed by atoms with van der Waals surface area (Å²) in [4.78, 5) is 40.4. The lowest BCUT2D eigenvalue weighted by atomic mass is 10.0. The summed E-state index contributed by atoms with van der Waals surface area (Å²) >= 11 is 0. The van der Waals surface area contributed by atoms with E-state index in [4.69, 9.17) is 0 Å². The van der Waals surface area contributed by atoms with Crippen LogP contribution in [0.25, 0.3) is 10.9 Å². The molecule has 13 heteroatoms. The van der Waals surface area contributed by atoms with Gasteiger partial charge in [0, 0.05) is 48.5 Å². The van der Waals surface area contributed by atoms with Crippen LogP contribution in [0.3, 0.4) is 0 Å². The normalized spacial score (nSPS) is 16.0. The molecule has 2 unspecified atom stereocenters. The zero-order valence-electron chi connectivity index (χ0n) is 25.2. The van der Waals surface area contributed by atoms with Gasteiger partial charge in [-0.2, -0.15) is 26.3 Å². The summed E-state index contributed by atoms with van der Waals surface area (Å²) in [5, 5.41) is 6.24. The molecular weight excluding hydrogens is 626 g/mol. The topological polar surface area (TPSA) is 83.4 Å². The van der Waals surface area contributed by atoms with Gasteiger partial charge in [0.2, 0.25) is 11.8 Å². The lowest BCUT2D eigenvalue weighted by Gasteiger charge is -2.27. The first kappa shape index (κ1) is 33.3. The molecule has 3 aromatic carbocycles. The van der Waals surface area contributed by atoms with E-state index in [2.05, 4.69) is 10.6 Å². The molecule has 1 aromatic heterocycles. The van der Waals surface area contributed by atoms with Crippen molar-refractivity contribution in [3.05, 3.63) is 113 Å². The van der Waals surface area contributed by atoms with Crippen molar-refractivity contribution in [3.63, 3.8) is 0 Å². The van der Waals surface area contributed by atoms with Gasteiger partial charge >= 0.3 is 12.4 Å². The Bertz CT molecular complexity index is 1830. The Labute approximate surface area is 265 Å². The van der Waals surface area contributed by atoms with Crippen LogP contribution in [0.1, 0.15) is 39.0 Å². The highest BCUT2D eigenvalue weighted by molar-refractivity contribution is 6.00. The fourth-order valence-electron chi connectivity index (χ4n) is 5.65. The van der Waals surface area contributed by atoms with E-state index in [0.717, 1.165) is 33.0 Å². The van der Waals surface area contributed by atoms with Crippen molar-refractivity contribution in [1.29, 1.82) is 0 Å². The zero-order chi connectivity index (χ0) is 34.1. The van der Waals surface area contributed by atoms with E-state index in [-0.39, 0.29) is 12.5 Å². The van der Waals surface area contributed by atoms with Crippen molar-refractivity contribution in [2.75, 3.05) is 12.4 Å². The lowest BCUT2D eigenvalue weighted by molar-refractivity contribution is -0.143. The number of aryl methyl sites for hydroxylation is 2. The van der Waals surface area contributed by atoms with Gasteiger partial charge in [-0.25, -0.2) is 0 Å². The molecule has 1 aliphatic rings. The van der Waals surface area contributed by atoms with Crippen molar-refractivity contribution in [3.8, 4) is 0 Å². The van der Waals surface area contributed by atoms with E-state index >= 15 is 0 Å². The maximum absolute atomic E-state index is 13.6. The Morgan fingerprint density at radius 2 is 1.64 bits per heavy atom. The third kappa shape index (κ3) is 7.50. The summed E-state index contributed by atoms with van der Waals surface area (Å²) in [7, 11) is 3.04. The van der Waals surface area contributed by atoms with Crippen LogP contribution in [0.4, 0.5) is 32.0 Å². The summed E-state index contributed by atoms with van der Waals surface area (Å²) in [5.41, 5.74) is -0.925. The van der Waals surface area contributed by atoms with Gasteiger partial charge in [0.15, 0.2) is 0 Å². The maximum atomic E-state index is 13.6. The molecule has 0 fully saturated rings. The van der Waals surface area contributed by atoms with E-state index in [9.17, 15) is 40.7 Å². The minimum Gasteiger partial charge on any atom is -0.350 e. The molecule has 47 heavy (non-hydrogen) atoms. The first-order chi connectivity index (χ1) is 22.1. The second-order valence-electron chi connectivity index (χ2n) is 11.4. The van der Waals surface area contributed by atoms with Gasteiger partial charge in [-0.3, -0.25) is 14.4 Å². The SMILES string of the molecule is CN(C(=O)c1cc(C(F)(F)F)cc(C(F)(F)F)c1)C(C=CC(=O)NC1CCc2ccccc2NC1=O)Cc1cn(C)c2ccccc12. The predicted octanol–water partition coefficient (Wildman–Crippen LogP) is 6.53. The van der Waals surface area contributed by atoms with Gasteiger partial charge in [0.05, 0.1) is 17.2 Å². The number of anilines is 1.